The van der Waals surface area contributed by atoms with Gasteiger partial charge in [-0.3, -0.25) is 10.1 Å². The number of rotatable bonds is 6. The van der Waals surface area contributed by atoms with Crippen LogP contribution in [-0.2, 0) is 0 Å². The molecule has 1 unspecified atom stereocenters. The zero-order valence-electron chi connectivity index (χ0n) is 16.3. The summed E-state index contributed by atoms with van der Waals surface area (Å²) in [4.78, 5) is 12.8. The summed E-state index contributed by atoms with van der Waals surface area (Å²) in [6, 6.07) is 10.4. The molecule has 3 heterocycles. The molecule has 0 aliphatic carbocycles. The van der Waals surface area contributed by atoms with E-state index in [9.17, 15) is 8.78 Å². The number of nitrogens with one attached hydrogen (secondary N) is 3. The Bertz CT molecular complexity index is 1160. The van der Waals surface area contributed by atoms with E-state index in [0.29, 0.717) is 28.8 Å². The number of hydrogen-bond donors (Lipinski definition) is 3. The Morgan fingerprint density at radius 1 is 1.00 bits per heavy atom. The van der Waals surface area contributed by atoms with Gasteiger partial charge in [-0.15, -0.1) is 0 Å². The van der Waals surface area contributed by atoms with Crippen molar-refractivity contribution < 1.29 is 8.78 Å². The number of aromatic nitrogens is 5. The molecule has 0 saturated carbocycles. The number of aromatic amines is 1. The zero-order chi connectivity index (χ0) is 21.1. The van der Waals surface area contributed by atoms with Crippen LogP contribution >= 0.6 is 0 Å². The largest absolute Gasteiger partial charge is 0.363 e. The highest BCUT2D eigenvalue weighted by atomic mass is 19.1. The van der Waals surface area contributed by atoms with E-state index in [1.165, 1.54) is 12.1 Å². The minimum absolute atomic E-state index is 0.343. The van der Waals surface area contributed by atoms with Crippen LogP contribution in [0.3, 0.4) is 0 Å². The van der Waals surface area contributed by atoms with E-state index in [0.717, 1.165) is 17.3 Å². The predicted octanol–water partition coefficient (Wildman–Crippen LogP) is 4.77. The maximum absolute atomic E-state index is 14.1. The first-order chi connectivity index (χ1) is 14.5. The molecule has 7 nitrogen and oxygen atoms in total. The third-order valence-corrected chi connectivity index (χ3v) is 4.44. The number of anilines is 3. The van der Waals surface area contributed by atoms with Crippen LogP contribution in [0.2, 0.25) is 0 Å². The monoisotopic (exact) mass is 407 g/mol. The summed E-state index contributed by atoms with van der Waals surface area (Å²) in [6.07, 6.45) is 3.44. The van der Waals surface area contributed by atoms with Crippen LogP contribution in [0.4, 0.5) is 26.2 Å². The van der Waals surface area contributed by atoms with Crippen LogP contribution in [0.5, 0.6) is 0 Å². The van der Waals surface area contributed by atoms with Gasteiger partial charge >= 0.3 is 0 Å². The maximum atomic E-state index is 14.1. The number of nitrogens with zero attached hydrogens (tertiary/aromatic N) is 4. The van der Waals surface area contributed by atoms with Gasteiger partial charge < -0.3 is 10.6 Å². The average Bonchev–Trinajstić information content (AvgIpc) is 3.16. The Morgan fingerprint density at radius 3 is 2.60 bits per heavy atom. The second kappa shape index (κ2) is 8.24. The number of pyridine rings is 1. The van der Waals surface area contributed by atoms with Gasteiger partial charge in [0, 0.05) is 41.7 Å². The van der Waals surface area contributed by atoms with Gasteiger partial charge in [-0.25, -0.2) is 18.7 Å². The Kier molecular flexibility index (Phi) is 5.34. The predicted molar refractivity (Wildman–Crippen MR) is 110 cm³/mol. The summed E-state index contributed by atoms with van der Waals surface area (Å²) in [5.41, 5.74) is 2.07. The Morgan fingerprint density at radius 2 is 1.83 bits per heavy atom. The van der Waals surface area contributed by atoms with Crippen LogP contribution in [0, 0.1) is 18.6 Å². The second-order valence-electron chi connectivity index (χ2n) is 6.75. The first-order valence-corrected chi connectivity index (χ1v) is 9.28. The van der Waals surface area contributed by atoms with E-state index in [2.05, 4.69) is 35.8 Å². The molecule has 4 aromatic rings. The topological polar surface area (TPSA) is 91.4 Å². The molecule has 4 rings (SSSR count). The Labute approximate surface area is 171 Å². The number of hydrogen-bond acceptors (Lipinski definition) is 6. The van der Waals surface area contributed by atoms with Crippen LogP contribution in [0.15, 0.2) is 54.9 Å². The molecular formula is C21H19F2N7. The molecule has 1 atom stereocenters. The zero-order valence-corrected chi connectivity index (χ0v) is 16.3. The molecule has 3 N–H and O–H groups in total. The molecule has 0 spiro atoms. The van der Waals surface area contributed by atoms with E-state index >= 15 is 0 Å². The normalized spacial score (nSPS) is 11.9. The minimum atomic E-state index is -0.613. The van der Waals surface area contributed by atoms with Gasteiger partial charge in [0.15, 0.2) is 5.82 Å². The summed E-state index contributed by atoms with van der Waals surface area (Å²) < 4.78 is 27.2. The fourth-order valence-corrected chi connectivity index (χ4v) is 3.04. The highest BCUT2D eigenvalue weighted by Crippen LogP contribution is 2.24. The second-order valence-corrected chi connectivity index (χ2v) is 6.75. The lowest BCUT2D eigenvalue weighted by Crippen LogP contribution is -2.11. The van der Waals surface area contributed by atoms with Gasteiger partial charge in [0.05, 0.1) is 11.7 Å². The molecule has 0 radical (unpaired) electrons. The van der Waals surface area contributed by atoms with Crippen molar-refractivity contribution in [3.05, 3.63) is 77.9 Å². The maximum Gasteiger partial charge on any atom is 0.153 e. The average molecular weight is 407 g/mol. The van der Waals surface area contributed by atoms with Gasteiger partial charge in [-0.05, 0) is 32.0 Å². The van der Waals surface area contributed by atoms with Crippen LogP contribution in [0.1, 0.15) is 24.4 Å². The lowest BCUT2D eigenvalue weighted by molar-refractivity contribution is 0.566. The van der Waals surface area contributed by atoms with Crippen molar-refractivity contribution in [2.24, 2.45) is 0 Å². The summed E-state index contributed by atoms with van der Waals surface area (Å²) in [5, 5.41) is 13.5. The van der Waals surface area contributed by atoms with E-state index in [1.54, 1.807) is 32.3 Å². The van der Waals surface area contributed by atoms with E-state index < -0.39 is 17.7 Å². The molecule has 0 aliphatic rings. The fraction of sp³-hybridized carbons (Fsp3) is 0.143. The summed E-state index contributed by atoms with van der Waals surface area (Å²) in [6.45, 7) is 3.53. The Balaban J connectivity index is 1.51. The Hall–Kier alpha value is -3.88. The SMILES string of the molecule is Cc1nc(Nc2cc(-c3cccnc3)[nH]n2)cc(NC(C)c2ccc(F)cc2F)n1. The summed E-state index contributed by atoms with van der Waals surface area (Å²) in [5.74, 6) is 0.911. The molecule has 3 aromatic heterocycles. The molecule has 30 heavy (non-hydrogen) atoms. The van der Waals surface area contributed by atoms with Gasteiger partial charge in [0.1, 0.15) is 29.1 Å². The highest BCUT2D eigenvalue weighted by molar-refractivity contribution is 5.65. The van der Waals surface area contributed by atoms with Gasteiger partial charge in [0.2, 0.25) is 0 Å². The van der Waals surface area contributed by atoms with Crippen LogP contribution < -0.4 is 10.6 Å². The molecular weight excluding hydrogens is 388 g/mol. The van der Waals surface area contributed by atoms with E-state index in [1.807, 2.05) is 18.2 Å². The molecule has 9 heteroatoms. The molecule has 0 bridgehead atoms. The quantitative estimate of drug-likeness (QED) is 0.427. The van der Waals surface area contributed by atoms with Crippen molar-refractivity contribution in [1.82, 2.24) is 25.1 Å². The molecule has 152 valence electrons. The fourth-order valence-electron chi connectivity index (χ4n) is 3.04. The van der Waals surface area contributed by atoms with Gasteiger partial charge in [-0.1, -0.05) is 6.07 Å². The van der Waals surface area contributed by atoms with Crippen molar-refractivity contribution in [1.29, 1.82) is 0 Å². The van der Waals surface area contributed by atoms with Gasteiger partial charge in [-0.2, -0.15) is 5.10 Å². The smallest absolute Gasteiger partial charge is 0.153 e. The molecule has 0 saturated heterocycles. The number of H-pyrrole nitrogens is 1. The first kappa shape index (κ1) is 19.4. The lowest BCUT2D eigenvalue weighted by Gasteiger charge is -2.16. The lowest BCUT2D eigenvalue weighted by atomic mass is 10.1. The van der Waals surface area contributed by atoms with Crippen molar-refractivity contribution in [2.45, 2.75) is 19.9 Å². The summed E-state index contributed by atoms with van der Waals surface area (Å²) >= 11 is 0. The molecule has 0 aliphatic heterocycles. The van der Waals surface area contributed by atoms with Gasteiger partial charge in [0.25, 0.3) is 0 Å². The first-order valence-electron chi connectivity index (χ1n) is 9.28. The minimum Gasteiger partial charge on any atom is -0.363 e. The highest BCUT2D eigenvalue weighted by Gasteiger charge is 2.14. The van der Waals surface area contributed by atoms with E-state index in [-0.39, 0.29) is 0 Å². The van der Waals surface area contributed by atoms with Crippen LogP contribution in [-0.4, -0.2) is 25.1 Å². The number of halogens is 2. The number of benzene rings is 1. The van der Waals surface area contributed by atoms with Crippen molar-refractivity contribution in [3.63, 3.8) is 0 Å². The third kappa shape index (κ3) is 4.40. The molecule has 0 amide bonds. The standard InChI is InChI=1S/C21H19F2N7/c1-12(16-6-5-15(22)8-17(16)23)25-19-10-20(27-13(2)26-19)28-21-9-18(29-30-21)14-4-3-7-24-11-14/h3-12H,1-2H3,(H3,25,26,27,28,29,30). The number of aryl methyl sites for hydroxylation is 1. The summed E-state index contributed by atoms with van der Waals surface area (Å²) in [7, 11) is 0. The van der Waals surface area contributed by atoms with Crippen molar-refractivity contribution >= 4 is 17.5 Å². The van der Waals surface area contributed by atoms with Crippen molar-refractivity contribution in [2.75, 3.05) is 10.6 Å². The van der Waals surface area contributed by atoms with Crippen LogP contribution in [0.25, 0.3) is 11.3 Å². The van der Waals surface area contributed by atoms with E-state index in [4.69, 9.17) is 0 Å². The van der Waals surface area contributed by atoms with Crippen molar-refractivity contribution in [3.8, 4) is 11.3 Å². The molecule has 0 fully saturated rings. The molecule has 1 aromatic carbocycles. The third-order valence-electron chi connectivity index (χ3n) is 4.44.